The second-order valence-corrected chi connectivity index (χ2v) is 3.22. The van der Waals surface area contributed by atoms with Crippen molar-refractivity contribution in [1.82, 2.24) is 0 Å². The smallest absolute Gasteiger partial charge is 0.161 e. The van der Waals surface area contributed by atoms with E-state index < -0.39 is 0 Å². The zero-order chi connectivity index (χ0) is 10.1. The van der Waals surface area contributed by atoms with Crippen LogP contribution in [0.25, 0.3) is 6.08 Å². The van der Waals surface area contributed by atoms with Crippen LogP contribution in [0.15, 0.2) is 18.2 Å². The topological polar surface area (TPSA) is 44.5 Å². The minimum Gasteiger partial charge on any atom is -0.493 e. The first-order valence-electron chi connectivity index (χ1n) is 4.46. The number of fused-ring (bicyclic) bond motifs is 1. The van der Waals surface area contributed by atoms with Gasteiger partial charge in [-0.3, -0.25) is 0 Å². The first kappa shape index (κ1) is 9.09. The van der Waals surface area contributed by atoms with Gasteiger partial charge in [0.1, 0.15) is 0 Å². The highest BCUT2D eigenvalue weighted by atomic mass is 16.5. The summed E-state index contributed by atoms with van der Waals surface area (Å²) in [6.07, 6.45) is 3.96. The fourth-order valence-electron chi connectivity index (χ4n) is 1.65. The first-order valence-corrected chi connectivity index (χ1v) is 4.46. The standard InChI is InChI=1S/C11H13NO2/c1-13-10-5-7-3-4-9(12)8(7)6-11(10)14-2/h3-6,9H,12H2,1-2H3/t9-/m1/s1. The molecule has 3 nitrogen and oxygen atoms in total. The van der Waals surface area contributed by atoms with Crippen molar-refractivity contribution < 1.29 is 9.47 Å². The number of hydrogen-bond donors (Lipinski definition) is 1. The molecule has 1 atom stereocenters. The van der Waals surface area contributed by atoms with Gasteiger partial charge in [-0.25, -0.2) is 0 Å². The second-order valence-electron chi connectivity index (χ2n) is 3.22. The molecule has 1 aliphatic carbocycles. The Balaban J connectivity index is 2.53. The van der Waals surface area contributed by atoms with Crippen LogP contribution in [0.2, 0.25) is 0 Å². The molecule has 1 aliphatic rings. The normalized spacial score (nSPS) is 18.1. The number of methoxy groups -OCH3 is 2. The summed E-state index contributed by atoms with van der Waals surface area (Å²) in [7, 11) is 3.25. The quantitative estimate of drug-likeness (QED) is 0.774. The molecule has 0 fully saturated rings. The van der Waals surface area contributed by atoms with Gasteiger partial charge in [0, 0.05) is 6.04 Å². The van der Waals surface area contributed by atoms with Gasteiger partial charge >= 0.3 is 0 Å². The van der Waals surface area contributed by atoms with E-state index in [1.165, 1.54) is 0 Å². The maximum atomic E-state index is 5.88. The lowest BCUT2D eigenvalue weighted by Gasteiger charge is -2.11. The Morgan fingerprint density at radius 2 is 1.79 bits per heavy atom. The van der Waals surface area contributed by atoms with Gasteiger partial charge in [0.2, 0.25) is 0 Å². The molecule has 0 saturated heterocycles. The number of benzene rings is 1. The van der Waals surface area contributed by atoms with E-state index >= 15 is 0 Å². The Kier molecular flexibility index (Phi) is 2.17. The molecule has 0 bridgehead atoms. The lowest BCUT2D eigenvalue weighted by molar-refractivity contribution is 0.354. The van der Waals surface area contributed by atoms with Gasteiger partial charge in [0.05, 0.1) is 14.2 Å². The predicted molar refractivity (Wildman–Crippen MR) is 55.5 cm³/mol. The van der Waals surface area contributed by atoms with Gasteiger partial charge in [-0.15, -0.1) is 0 Å². The molecule has 1 aromatic rings. The maximum Gasteiger partial charge on any atom is 0.161 e. The predicted octanol–water partition coefficient (Wildman–Crippen LogP) is 1.73. The third kappa shape index (κ3) is 1.26. The van der Waals surface area contributed by atoms with E-state index in [1.54, 1.807) is 14.2 Å². The van der Waals surface area contributed by atoms with Gasteiger partial charge in [-0.2, -0.15) is 0 Å². The molecule has 0 aromatic heterocycles. The van der Waals surface area contributed by atoms with E-state index in [0.717, 1.165) is 22.6 Å². The zero-order valence-electron chi connectivity index (χ0n) is 8.28. The van der Waals surface area contributed by atoms with Crippen LogP contribution in [0.5, 0.6) is 11.5 Å². The third-order valence-electron chi connectivity index (χ3n) is 2.43. The molecule has 1 aromatic carbocycles. The highest BCUT2D eigenvalue weighted by Crippen LogP contribution is 2.36. The van der Waals surface area contributed by atoms with Crippen LogP contribution in [0.4, 0.5) is 0 Å². The molecule has 74 valence electrons. The van der Waals surface area contributed by atoms with Crippen LogP contribution >= 0.6 is 0 Å². The fourth-order valence-corrected chi connectivity index (χ4v) is 1.65. The molecule has 0 unspecified atom stereocenters. The number of ether oxygens (including phenoxy) is 2. The van der Waals surface area contributed by atoms with E-state index in [0.29, 0.717) is 0 Å². The Morgan fingerprint density at radius 1 is 1.14 bits per heavy atom. The molecule has 2 N–H and O–H groups in total. The highest BCUT2D eigenvalue weighted by molar-refractivity contribution is 5.66. The third-order valence-corrected chi connectivity index (χ3v) is 2.43. The molecule has 0 radical (unpaired) electrons. The Bertz CT molecular complexity index is 385. The first-order chi connectivity index (χ1) is 6.76. The van der Waals surface area contributed by atoms with E-state index in [-0.39, 0.29) is 6.04 Å². The van der Waals surface area contributed by atoms with Crippen LogP contribution < -0.4 is 15.2 Å². The molecule has 0 amide bonds. The summed E-state index contributed by atoms with van der Waals surface area (Å²) in [6, 6.07) is 3.85. The summed E-state index contributed by atoms with van der Waals surface area (Å²) < 4.78 is 10.4. The maximum absolute atomic E-state index is 5.88. The molecule has 0 heterocycles. The van der Waals surface area contributed by atoms with Crippen molar-refractivity contribution in [1.29, 1.82) is 0 Å². The Labute approximate surface area is 83.1 Å². The van der Waals surface area contributed by atoms with Crippen molar-refractivity contribution in [2.45, 2.75) is 6.04 Å². The van der Waals surface area contributed by atoms with Gasteiger partial charge in [0.25, 0.3) is 0 Å². The Morgan fingerprint density at radius 3 is 2.43 bits per heavy atom. The summed E-state index contributed by atoms with van der Waals surface area (Å²) in [5, 5.41) is 0. The summed E-state index contributed by atoms with van der Waals surface area (Å²) >= 11 is 0. The van der Waals surface area contributed by atoms with Crippen molar-refractivity contribution in [3.63, 3.8) is 0 Å². The lowest BCUT2D eigenvalue weighted by atomic mass is 10.1. The van der Waals surface area contributed by atoms with Crippen LogP contribution in [-0.4, -0.2) is 14.2 Å². The molecular weight excluding hydrogens is 178 g/mol. The van der Waals surface area contributed by atoms with Crippen molar-refractivity contribution in [3.8, 4) is 11.5 Å². The van der Waals surface area contributed by atoms with Crippen molar-refractivity contribution in [2.24, 2.45) is 5.73 Å². The SMILES string of the molecule is COc1cc2c(cc1OC)[C@H](N)C=C2. The number of hydrogen-bond acceptors (Lipinski definition) is 3. The van der Waals surface area contributed by atoms with Gasteiger partial charge < -0.3 is 15.2 Å². The van der Waals surface area contributed by atoms with E-state index in [9.17, 15) is 0 Å². The minimum absolute atomic E-state index is 0.0233. The monoisotopic (exact) mass is 191 g/mol. The van der Waals surface area contributed by atoms with Gasteiger partial charge in [0.15, 0.2) is 11.5 Å². The van der Waals surface area contributed by atoms with Crippen molar-refractivity contribution >= 4 is 6.08 Å². The van der Waals surface area contributed by atoms with Gasteiger partial charge in [-0.05, 0) is 23.3 Å². The number of nitrogens with two attached hydrogens (primary N) is 1. The van der Waals surface area contributed by atoms with Crippen LogP contribution in [0, 0.1) is 0 Å². The molecule has 0 aliphatic heterocycles. The van der Waals surface area contributed by atoms with E-state index in [1.807, 2.05) is 24.3 Å². The summed E-state index contributed by atoms with van der Waals surface area (Å²) in [6.45, 7) is 0. The molecule has 3 heteroatoms. The van der Waals surface area contributed by atoms with Crippen LogP contribution in [0.1, 0.15) is 17.2 Å². The Hall–Kier alpha value is -1.48. The largest absolute Gasteiger partial charge is 0.493 e. The molecule has 14 heavy (non-hydrogen) atoms. The van der Waals surface area contributed by atoms with E-state index in [2.05, 4.69) is 0 Å². The molecule has 2 rings (SSSR count). The second kappa shape index (κ2) is 3.35. The molecule has 0 spiro atoms. The van der Waals surface area contributed by atoms with E-state index in [4.69, 9.17) is 15.2 Å². The minimum atomic E-state index is -0.0233. The van der Waals surface area contributed by atoms with Crippen molar-refractivity contribution in [3.05, 3.63) is 29.3 Å². The lowest BCUT2D eigenvalue weighted by Crippen LogP contribution is -2.05. The number of rotatable bonds is 2. The van der Waals surface area contributed by atoms with Crippen LogP contribution in [0.3, 0.4) is 0 Å². The highest BCUT2D eigenvalue weighted by Gasteiger charge is 2.17. The molecular formula is C11H13NO2. The summed E-state index contributed by atoms with van der Waals surface area (Å²) in [4.78, 5) is 0. The van der Waals surface area contributed by atoms with Crippen LogP contribution in [-0.2, 0) is 0 Å². The summed E-state index contributed by atoms with van der Waals surface area (Å²) in [5.74, 6) is 1.47. The molecule has 0 saturated carbocycles. The average Bonchev–Trinajstić information content (AvgIpc) is 2.58. The summed E-state index contributed by atoms with van der Waals surface area (Å²) in [5.41, 5.74) is 8.07. The zero-order valence-corrected chi connectivity index (χ0v) is 8.28. The van der Waals surface area contributed by atoms with Gasteiger partial charge in [-0.1, -0.05) is 12.2 Å². The average molecular weight is 191 g/mol. The fraction of sp³-hybridized carbons (Fsp3) is 0.273. The van der Waals surface area contributed by atoms with Crippen molar-refractivity contribution in [2.75, 3.05) is 14.2 Å².